The summed E-state index contributed by atoms with van der Waals surface area (Å²) in [4.78, 5) is 27.4. The Morgan fingerprint density at radius 1 is 0.865 bits per heavy atom. The number of amides is 2. The summed E-state index contributed by atoms with van der Waals surface area (Å²) >= 11 is 0. The maximum atomic E-state index is 13.6. The van der Waals surface area contributed by atoms with Gasteiger partial charge >= 0.3 is 6.18 Å². The van der Waals surface area contributed by atoms with Crippen molar-refractivity contribution < 1.29 is 27.5 Å². The smallest absolute Gasteiger partial charge is 0.372 e. The predicted octanol–water partition coefficient (Wildman–Crippen LogP) is 5.43. The summed E-state index contributed by atoms with van der Waals surface area (Å²) in [6, 6.07) is 19.8. The van der Waals surface area contributed by atoms with Gasteiger partial charge in [0.1, 0.15) is 0 Å². The van der Waals surface area contributed by atoms with Crippen LogP contribution in [0.2, 0.25) is 0 Å². The number of fused-ring (bicyclic) bond motifs is 2. The summed E-state index contributed by atoms with van der Waals surface area (Å²) in [7, 11) is 0. The van der Waals surface area contributed by atoms with Crippen LogP contribution in [0.3, 0.4) is 0 Å². The minimum atomic E-state index is -4.69. The lowest BCUT2D eigenvalue weighted by Crippen LogP contribution is -2.45. The third-order valence-corrected chi connectivity index (χ3v) is 6.60. The van der Waals surface area contributed by atoms with Crippen molar-refractivity contribution in [1.29, 1.82) is 0 Å². The zero-order valence-electron chi connectivity index (χ0n) is 19.9. The Bertz CT molecular complexity index is 1270. The lowest BCUT2D eigenvalue weighted by atomic mass is 10.1. The van der Waals surface area contributed by atoms with Crippen molar-refractivity contribution in [1.82, 2.24) is 4.90 Å². The van der Waals surface area contributed by atoms with Crippen molar-refractivity contribution in [3.63, 3.8) is 0 Å². The highest BCUT2D eigenvalue weighted by Gasteiger charge is 2.36. The third-order valence-electron chi connectivity index (χ3n) is 6.60. The van der Waals surface area contributed by atoms with Crippen molar-refractivity contribution >= 4 is 23.2 Å². The van der Waals surface area contributed by atoms with E-state index in [0.29, 0.717) is 18.8 Å². The largest absolute Gasteiger partial charge is 0.418 e. The molecule has 9 heteroatoms. The van der Waals surface area contributed by atoms with E-state index in [2.05, 4.69) is 10.6 Å². The highest BCUT2D eigenvalue weighted by molar-refractivity contribution is 6.05. The van der Waals surface area contributed by atoms with Crippen molar-refractivity contribution in [2.45, 2.75) is 31.2 Å². The Hall–Kier alpha value is -3.69. The van der Waals surface area contributed by atoms with Gasteiger partial charge in [0.25, 0.3) is 5.91 Å². The highest BCUT2D eigenvalue weighted by Crippen LogP contribution is 2.36. The van der Waals surface area contributed by atoms with Crippen LogP contribution in [0.4, 0.5) is 24.5 Å². The van der Waals surface area contributed by atoms with E-state index in [1.807, 2.05) is 47.4 Å². The number of halogens is 3. The predicted molar refractivity (Wildman–Crippen MR) is 134 cm³/mol. The Kier molecular flexibility index (Phi) is 6.99. The number of nitrogens with zero attached hydrogens (tertiary/aromatic N) is 1. The van der Waals surface area contributed by atoms with Crippen LogP contribution in [0.15, 0.2) is 72.8 Å². The molecule has 2 aliphatic rings. The molecule has 2 amide bonds. The number of likely N-dealkylation sites (tertiary alicyclic amines) is 1. The number of hydrogen-bond donors (Lipinski definition) is 2. The number of alkyl halides is 3. The molecular weight excluding hydrogens is 483 g/mol. The van der Waals surface area contributed by atoms with E-state index in [1.54, 1.807) is 12.1 Å². The van der Waals surface area contributed by atoms with Crippen molar-refractivity contribution in [2.24, 2.45) is 0 Å². The molecule has 3 aromatic rings. The number of carbonyl (C=O) groups is 2. The standard InChI is InChI=1S/C28H26F3N3O3/c29-28(30,31)24-13-8-20(14-25(24)33-26(35)17-34-15-22-11-12-23(16-34)37-22)27(36)32-21-9-6-19(7-10-21)18-4-2-1-3-5-18/h1-10,13-14,22-23H,11-12,15-17H2,(H,32,36)(H,33,35). The van der Waals surface area contributed by atoms with Gasteiger partial charge in [0, 0.05) is 24.3 Å². The van der Waals surface area contributed by atoms with Crippen molar-refractivity contribution in [3.05, 3.63) is 83.9 Å². The summed E-state index contributed by atoms with van der Waals surface area (Å²) in [5.41, 5.74) is 1.03. The quantitative estimate of drug-likeness (QED) is 0.465. The molecule has 3 aromatic carbocycles. The summed E-state index contributed by atoms with van der Waals surface area (Å²) in [6.45, 7) is 1.10. The second-order valence-electron chi connectivity index (χ2n) is 9.36. The van der Waals surface area contributed by atoms with E-state index < -0.39 is 29.2 Å². The maximum absolute atomic E-state index is 13.6. The minimum absolute atomic E-state index is 0.000136. The molecule has 0 aliphatic carbocycles. The van der Waals surface area contributed by atoms with Gasteiger partial charge in [-0.25, -0.2) is 0 Å². The summed E-state index contributed by atoms with van der Waals surface area (Å²) in [5, 5.41) is 5.08. The van der Waals surface area contributed by atoms with Crippen LogP contribution in [0.1, 0.15) is 28.8 Å². The molecule has 0 saturated carbocycles. The van der Waals surface area contributed by atoms with Crippen molar-refractivity contribution in [2.75, 3.05) is 30.3 Å². The van der Waals surface area contributed by atoms with Crippen molar-refractivity contribution in [3.8, 4) is 11.1 Å². The SMILES string of the molecule is O=C(CN1CC2CCC(C1)O2)Nc1cc(C(=O)Nc2ccc(-c3ccccc3)cc2)ccc1C(F)(F)F. The Morgan fingerprint density at radius 2 is 1.51 bits per heavy atom. The molecule has 2 fully saturated rings. The molecule has 37 heavy (non-hydrogen) atoms. The Labute approximate surface area is 212 Å². The second kappa shape index (κ2) is 10.4. The number of morpholine rings is 1. The number of benzene rings is 3. The molecule has 6 nitrogen and oxygen atoms in total. The van der Waals surface area contributed by atoms with Gasteiger partial charge in [-0.05, 0) is 54.3 Å². The molecule has 0 spiro atoms. The molecule has 2 saturated heterocycles. The summed E-state index contributed by atoms with van der Waals surface area (Å²) < 4.78 is 46.7. The number of nitrogens with one attached hydrogen (secondary N) is 2. The van der Waals surface area contributed by atoms with Gasteiger partial charge in [0.15, 0.2) is 0 Å². The van der Waals surface area contributed by atoms with Gasteiger partial charge < -0.3 is 15.4 Å². The van der Waals surface area contributed by atoms with Crippen LogP contribution < -0.4 is 10.6 Å². The highest BCUT2D eigenvalue weighted by atomic mass is 19.4. The zero-order chi connectivity index (χ0) is 26.0. The van der Waals surface area contributed by atoms with Crippen LogP contribution in [0.5, 0.6) is 0 Å². The Balaban J connectivity index is 1.29. The van der Waals surface area contributed by atoms with Gasteiger partial charge in [-0.3, -0.25) is 14.5 Å². The maximum Gasteiger partial charge on any atom is 0.418 e. The lowest BCUT2D eigenvalue weighted by Gasteiger charge is -2.31. The second-order valence-corrected chi connectivity index (χ2v) is 9.36. The first kappa shape index (κ1) is 25.0. The number of hydrogen-bond acceptors (Lipinski definition) is 4. The lowest BCUT2D eigenvalue weighted by molar-refractivity contribution is -0.137. The number of carbonyl (C=O) groups excluding carboxylic acids is 2. The van der Waals surface area contributed by atoms with Gasteiger partial charge in [-0.2, -0.15) is 13.2 Å². The molecule has 2 atom stereocenters. The first-order valence-electron chi connectivity index (χ1n) is 12.1. The molecule has 0 radical (unpaired) electrons. The van der Waals surface area contributed by atoms with E-state index >= 15 is 0 Å². The van der Waals surface area contributed by atoms with Gasteiger partial charge in [-0.15, -0.1) is 0 Å². The van der Waals surface area contributed by atoms with E-state index in [0.717, 1.165) is 42.2 Å². The van der Waals surface area contributed by atoms with E-state index in [9.17, 15) is 22.8 Å². The molecule has 5 rings (SSSR count). The molecule has 2 unspecified atom stereocenters. The zero-order valence-corrected chi connectivity index (χ0v) is 19.9. The summed E-state index contributed by atoms with van der Waals surface area (Å²) in [6.07, 6.45) is -2.72. The fourth-order valence-electron chi connectivity index (χ4n) is 4.84. The fraction of sp³-hybridized carbons (Fsp3) is 0.286. The molecule has 2 aliphatic heterocycles. The first-order valence-corrected chi connectivity index (χ1v) is 12.1. The first-order chi connectivity index (χ1) is 17.7. The molecular formula is C28H26F3N3O3. The molecule has 2 N–H and O–H groups in total. The number of rotatable bonds is 6. The van der Waals surface area contributed by atoms with Gasteiger partial charge in [0.2, 0.25) is 5.91 Å². The molecule has 192 valence electrons. The number of ether oxygens (including phenoxy) is 1. The van der Waals surface area contributed by atoms with Crippen LogP contribution in [0.25, 0.3) is 11.1 Å². The normalized spacial score (nSPS) is 19.4. The van der Waals surface area contributed by atoms with Crippen LogP contribution >= 0.6 is 0 Å². The fourth-order valence-corrected chi connectivity index (χ4v) is 4.84. The third kappa shape index (κ3) is 6.00. The van der Waals surface area contributed by atoms with Crippen LogP contribution in [-0.2, 0) is 15.7 Å². The van der Waals surface area contributed by atoms with E-state index in [-0.39, 0.29) is 24.3 Å². The van der Waals surface area contributed by atoms with Crippen LogP contribution in [-0.4, -0.2) is 48.6 Å². The van der Waals surface area contributed by atoms with Gasteiger partial charge in [0.05, 0.1) is 30.0 Å². The summed E-state index contributed by atoms with van der Waals surface area (Å²) in [5.74, 6) is -1.15. The number of anilines is 2. The molecule has 2 heterocycles. The van der Waals surface area contributed by atoms with E-state index in [1.165, 1.54) is 0 Å². The van der Waals surface area contributed by atoms with E-state index in [4.69, 9.17) is 4.74 Å². The average Bonchev–Trinajstić information content (AvgIpc) is 3.22. The van der Waals surface area contributed by atoms with Gasteiger partial charge in [-0.1, -0.05) is 42.5 Å². The Morgan fingerprint density at radius 3 is 2.16 bits per heavy atom. The molecule has 2 bridgehead atoms. The molecule has 0 aromatic heterocycles. The average molecular weight is 510 g/mol. The minimum Gasteiger partial charge on any atom is -0.372 e. The topological polar surface area (TPSA) is 70.7 Å². The monoisotopic (exact) mass is 509 g/mol. The van der Waals surface area contributed by atoms with Crippen LogP contribution in [0, 0.1) is 0 Å².